The van der Waals surface area contributed by atoms with Crippen molar-refractivity contribution < 1.29 is 9.53 Å². The summed E-state index contributed by atoms with van der Waals surface area (Å²) in [5.74, 6) is -0.0156. The maximum Gasteiger partial charge on any atom is 0.312 e. The minimum Gasteiger partial charge on any atom is -0.459 e. The van der Waals surface area contributed by atoms with E-state index in [0.717, 1.165) is 32.1 Å². The number of esters is 1. The molecule has 1 saturated carbocycles. The minimum atomic E-state index is -0.323. The van der Waals surface area contributed by atoms with Gasteiger partial charge >= 0.3 is 5.97 Å². The normalized spacial score (nSPS) is 19.5. The largest absolute Gasteiger partial charge is 0.459 e. The summed E-state index contributed by atoms with van der Waals surface area (Å²) in [6, 6.07) is 0. The molecule has 0 aliphatic heterocycles. The van der Waals surface area contributed by atoms with Crippen molar-refractivity contribution in [1.29, 1.82) is 0 Å². The van der Waals surface area contributed by atoms with E-state index in [4.69, 9.17) is 4.74 Å². The molecule has 2 heteroatoms. The van der Waals surface area contributed by atoms with Crippen LogP contribution in [0.2, 0.25) is 0 Å². The molecule has 0 aromatic carbocycles. The molecule has 0 aromatic rings. The summed E-state index contributed by atoms with van der Waals surface area (Å²) in [4.78, 5) is 12.0. The minimum absolute atomic E-state index is 0.0156. The molecule has 0 radical (unpaired) electrons. The van der Waals surface area contributed by atoms with Crippen molar-refractivity contribution in [1.82, 2.24) is 0 Å². The van der Waals surface area contributed by atoms with Gasteiger partial charge in [-0.3, -0.25) is 4.79 Å². The second-order valence-electron chi connectivity index (χ2n) is 5.41. The second-order valence-corrected chi connectivity index (χ2v) is 5.41. The molecule has 0 aromatic heterocycles. The van der Waals surface area contributed by atoms with Crippen molar-refractivity contribution in [2.75, 3.05) is 0 Å². The molecule has 0 N–H and O–H groups in total. The Morgan fingerprint density at radius 3 is 2.27 bits per heavy atom. The molecule has 1 fully saturated rings. The Morgan fingerprint density at radius 2 is 1.93 bits per heavy atom. The number of carbonyl (C=O) groups is 1. The Bertz CT molecular complexity index is 227. The van der Waals surface area contributed by atoms with Gasteiger partial charge in [0.1, 0.15) is 5.60 Å². The molecule has 88 valence electrons. The van der Waals surface area contributed by atoms with E-state index in [1.807, 2.05) is 20.8 Å². The highest BCUT2D eigenvalue weighted by Gasteiger charge is 2.42. The first-order chi connectivity index (χ1) is 6.96. The van der Waals surface area contributed by atoms with Gasteiger partial charge in [-0.05, 0) is 46.0 Å². The number of hydrogen-bond acceptors (Lipinski definition) is 2. The van der Waals surface area contributed by atoms with Crippen LogP contribution in [0.1, 0.15) is 66.2 Å². The van der Waals surface area contributed by atoms with E-state index in [1.54, 1.807) is 0 Å². The molecule has 0 heterocycles. The van der Waals surface area contributed by atoms with Crippen LogP contribution < -0.4 is 0 Å². The van der Waals surface area contributed by atoms with Crippen molar-refractivity contribution in [3.8, 4) is 0 Å². The highest BCUT2D eigenvalue weighted by molar-refractivity contribution is 5.76. The summed E-state index contributed by atoms with van der Waals surface area (Å²) in [5.41, 5.74) is -0.422. The SMILES string of the molecule is CCCC1(OC(=O)C(C)(C)CC)CCC1. The lowest BCUT2D eigenvalue weighted by molar-refractivity contribution is -0.181. The van der Waals surface area contributed by atoms with Gasteiger partial charge in [0, 0.05) is 0 Å². The van der Waals surface area contributed by atoms with Crippen molar-refractivity contribution >= 4 is 5.97 Å². The molecule has 0 unspecified atom stereocenters. The lowest BCUT2D eigenvalue weighted by Gasteiger charge is -2.42. The average molecular weight is 212 g/mol. The van der Waals surface area contributed by atoms with E-state index in [-0.39, 0.29) is 17.0 Å². The third kappa shape index (κ3) is 2.73. The van der Waals surface area contributed by atoms with E-state index in [0.29, 0.717) is 0 Å². The Hall–Kier alpha value is -0.530. The molecule has 1 aliphatic carbocycles. The summed E-state index contributed by atoms with van der Waals surface area (Å²) in [6.45, 7) is 8.12. The van der Waals surface area contributed by atoms with Crippen LogP contribution in [-0.2, 0) is 9.53 Å². The van der Waals surface area contributed by atoms with Gasteiger partial charge in [0.25, 0.3) is 0 Å². The van der Waals surface area contributed by atoms with Crippen molar-refractivity contribution in [2.45, 2.75) is 71.8 Å². The summed E-state index contributed by atoms with van der Waals surface area (Å²) in [7, 11) is 0. The van der Waals surface area contributed by atoms with Gasteiger partial charge in [-0.1, -0.05) is 20.3 Å². The van der Waals surface area contributed by atoms with E-state index >= 15 is 0 Å². The topological polar surface area (TPSA) is 26.3 Å². The first-order valence-electron chi connectivity index (χ1n) is 6.19. The maximum atomic E-state index is 12.0. The number of rotatable bonds is 5. The highest BCUT2D eigenvalue weighted by atomic mass is 16.6. The van der Waals surface area contributed by atoms with Crippen LogP contribution in [0, 0.1) is 5.41 Å². The molecule has 0 atom stereocenters. The molecule has 0 saturated heterocycles. The average Bonchev–Trinajstić information content (AvgIpc) is 2.14. The van der Waals surface area contributed by atoms with Gasteiger partial charge in [-0.2, -0.15) is 0 Å². The zero-order chi connectivity index (χ0) is 11.5. The summed E-state index contributed by atoms with van der Waals surface area (Å²) in [5, 5.41) is 0. The van der Waals surface area contributed by atoms with Gasteiger partial charge in [0.2, 0.25) is 0 Å². The molecular formula is C13H24O2. The van der Waals surface area contributed by atoms with E-state index in [2.05, 4.69) is 6.92 Å². The molecule has 15 heavy (non-hydrogen) atoms. The van der Waals surface area contributed by atoms with Crippen LogP contribution in [0.3, 0.4) is 0 Å². The van der Waals surface area contributed by atoms with Gasteiger partial charge in [-0.25, -0.2) is 0 Å². The van der Waals surface area contributed by atoms with Gasteiger partial charge in [-0.15, -0.1) is 0 Å². The van der Waals surface area contributed by atoms with Gasteiger partial charge < -0.3 is 4.74 Å². The highest BCUT2D eigenvalue weighted by Crippen LogP contribution is 2.41. The first-order valence-corrected chi connectivity index (χ1v) is 6.19. The monoisotopic (exact) mass is 212 g/mol. The Morgan fingerprint density at radius 1 is 1.33 bits per heavy atom. The Kier molecular flexibility index (Phi) is 3.80. The number of carbonyl (C=O) groups excluding carboxylic acids is 1. The van der Waals surface area contributed by atoms with Gasteiger partial charge in [0.05, 0.1) is 5.41 Å². The summed E-state index contributed by atoms with van der Waals surface area (Å²) in [6.07, 6.45) is 6.30. The number of ether oxygens (including phenoxy) is 1. The predicted octanol–water partition coefficient (Wildman–Crippen LogP) is 3.69. The summed E-state index contributed by atoms with van der Waals surface area (Å²) < 4.78 is 5.73. The van der Waals surface area contributed by atoms with Crippen LogP contribution in [0.15, 0.2) is 0 Å². The zero-order valence-electron chi connectivity index (χ0n) is 10.6. The fourth-order valence-corrected chi connectivity index (χ4v) is 1.91. The van der Waals surface area contributed by atoms with Crippen LogP contribution in [0.5, 0.6) is 0 Å². The molecule has 1 rings (SSSR count). The zero-order valence-corrected chi connectivity index (χ0v) is 10.6. The van der Waals surface area contributed by atoms with E-state index in [9.17, 15) is 4.79 Å². The maximum absolute atomic E-state index is 12.0. The van der Waals surface area contributed by atoms with Crippen LogP contribution >= 0.6 is 0 Å². The van der Waals surface area contributed by atoms with Crippen molar-refractivity contribution in [3.05, 3.63) is 0 Å². The lowest BCUT2D eigenvalue weighted by atomic mass is 9.76. The van der Waals surface area contributed by atoms with E-state index in [1.165, 1.54) is 6.42 Å². The molecule has 0 spiro atoms. The lowest BCUT2D eigenvalue weighted by Crippen LogP contribution is -2.44. The fourth-order valence-electron chi connectivity index (χ4n) is 1.91. The van der Waals surface area contributed by atoms with Crippen molar-refractivity contribution in [3.63, 3.8) is 0 Å². The molecule has 0 bridgehead atoms. The number of hydrogen-bond donors (Lipinski definition) is 0. The molecule has 2 nitrogen and oxygen atoms in total. The standard InChI is InChI=1S/C13H24O2/c1-5-8-13(9-7-10-13)15-11(14)12(3,4)6-2/h5-10H2,1-4H3. The Labute approximate surface area is 93.4 Å². The van der Waals surface area contributed by atoms with Crippen molar-refractivity contribution in [2.24, 2.45) is 5.41 Å². The first kappa shape index (κ1) is 12.5. The quantitative estimate of drug-likeness (QED) is 0.650. The molecular weight excluding hydrogens is 188 g/mol. The fraction of sp³-hybridized carbons (Fsp3) is 0.923. The van der Waals surface area contributed by atoms with Crippen LogP contribution in [0.4, 0.5) is 0 Å². The van der Waals surface area contributed by atoms with Crippen LogP contribution in [-0.4, -0.2) is 11.6 Å². The smallest absolute Gasteiger partial charge is 0.312 e. The third-order valence-corrected chi connectivity index (χ3v) is 3.72. The predicted molar refractivity (Wildman–Crippen MR) is 61.7 cm³/mol. The molecule has 0 amide bonds. The van der Waals surface area contributed by atoms with E-state index < -0.39 is 0 Å². The van der Waals surface area contributed by atoms with Gasteiger partial charge in [0.15, 0.2) is 0 Å². The van der Waals surface area contributed by atoms with Crippen LogP contribution in [0.25, 0.3) is 0 Å². The Balaban J connectivity index is 2.56. The molecule has 1 aliphatic rings. The third-order valence-electron chi connectivity index (χ3n) is 3.72. The second kappa shape index (κ2) is 4.54. The summed E-state index contributed by atoms with van der Waals surface area (Å²) >= 11 is 0.